The number of aliphatic hydroxyl groups excluding tert-OH is 1. The largest absolute Gasteiger partial charge is 0.433 e. The Kier molecular flexibility index (Phi) is 10.7. The van der Waals surface area contributed by atoms with E-state index in [2.05, 4.69) is 32.1 Å². The monoisotopic (exact) mass is 643 g/mol. The van der Waals surface area contributed by atoms with Crippen molar-refractivity contribution in [3.8, 4) is 17.6 Å². The number of fused-ring (bicyclic) bond motifs is 1. The Morgan fingerprint density at radius 1 is 1.16 bits per heavy atom. The fourth-order valence-electron chi connectivity index (χ4n) is 5.06. The molecule has 234 valence electrons. The number of nitrogens with zero attached hydrogens (tertiary/aromatic N) is 1. The van der Waals surface area contributed by atoms with E-state index < -0.39 is 32.5 Å². The van der Waals surface area contributed by atoms with Crippen molar-refractivity contribution in [2.24, 2.45) is 0 Å². The van der Waals surface area contributed by atoms with Crippen LogP contribution in [0.5, 0.6) is 5.75 Å². The third-order valence-electron chi connectivity index (χ3n) is 7.04. The molecule has 0 spiro atoms. The van der Waals surface area contributed by atoms with Crippen LogP contribution in [-0.2, 0) is 11.0 Å². The van der Waals surface area contributed by atoms with Gasteiger partial charge < -0.3 is 29.9 Å². The molecule has 1 saturated heterocycles. The number of alkyl halides is 5. The molecule has 13 heteroatoms. The number of anilines is 2. The van der Waals surface area contributed by atoms with E-state index >= 15 is 0 Å². The van der Waals surface area contributed by atoms with E-state index in [1.54, 1.807) is 25.1 Å². The Morgan fingerprint density at radius 2 is 1.88 bits per heavy atom. The molecule has 3 N–H and O–H groups in total. The van der Waals surface area contributed by atoms with E-state index in [0.29, 0.717) is 21.9 Å². The van der Waals surface area contributed by atoms with Crippen molar-refractivity contribution >= 4 is 45.2 Å². The molecule has 1 atom stereocenters. The SMILES string of the molecule is CC(O)CN1CCC(Nc2cccc3c(CC(F)(F)F)c(C#CCNc4ccc(P(C)(C)=O)cc4OC(F)F)sc23)CC1. The number of nitrogens with one attached hydrogen (secondary N) is 2. The molecule has 2 aromatic carbocycles. The van der Waals surface area contributed by atoms with E-state index in [1.807, 2.05) is 6.07 Å². The normalized spacial score (nSPS) is 15.8. The Bertz CT molecular complexity index is 1520. The molecule has 0 bridgehead atoms. The Hall–Kier alpha value is -2.84. The number of halogens is 5. The summed E-state index contributed by atoms with van der Waals surface area (Å²) in [6, 6.07) is 9.72. The second-order valence-corrected chi connectivity index (χ2v) is 15.3. The van der Waals surface area contributed by atoms with Gasteiger partial charge in [0.15, 0.2) is 0 Å². The third kappa shape index (κ3) is 9.32. The number of hydrogen-bond donors (Lipinski definition) is 3. The van der Waals surface area contributed by atoms with Crippen LogP contribution in [0.3, 0.4) is 0 Å². The second-order valence-electron chi connectivity index (χ2n) is 11.0. The van der Waals surface area contributed by atoms with Gasteiger partial charge in [-0.3, -0.25) is 0 Å². The van der Waals surface area contributed by atoms with E-state index in [-0.39, 0.29) is 34.5 Å². The maximum Gasteiger partial charge on any atom is 0.393 e. The highest BCUT2D eigenvalue weighted by atomic mass is 32.1. The molecule has 1 aliphatic heterocycles. The van der Waals surface area contributed by atoms with Gasteiger partial charge in [0.05, 0.1) is 40.0 Å². The highest BCUT2D eigenvalue weighted by Gasteiger charge is 2.31. The number of benzene rings is 2. The highest BCUT2D eigenvalue weighted by molar-refractivity contribution is 7.70. The number of ether oxygens (including phenoxy) is 1. The second kappa shape index (κ2) is 13.9. The molecule has 1 aliphatic rings. The zero-order valence-electron chi connectivity index (χ0n) is 24.1. The molecule has 4 rings (SSSR count). The summed E-state index contributed by atoms with van der Waals surface area (Å²) in [6.45, 7) is 3.87. The van der Waals surface area contributed by atoms with Crippen LogP contribution in [0.4, 0.5) is 33.3 Å². The molecule has 43 heavy (non-hydrogen) atoms. The lowest BCUT2D eigenvalue weighted by Gasteiger charge is -2.33. The van der Waals surface area contributed by atoms with Crippen LogP contribution in [0.1, 0.15) is 30.2 Å². The molecular weight excluding hydrogens is 608 g/mol. The van der Waals surface area contributed by atoms with Gasteiger partial charge in [0, 0.05) is 31.0 Å². The predicted octanol–water partition coefficient (Wildman–Crippen LogP) is 6.58. The summed E-state index contributed by atoms with van der Waals surface area (Å²) >= 11 is 1.19. The quantitative estimate of drug-likeness (QED) is 0.132. The van der Waals surface area contributed by atoms with E-state index in [4.69, 9.17) is 0 Å². The van der Waals surface area contributed by atoms with Crippen molar-refractivity contribution in [3.05, 3.63) is 46.8 Å². The molecule has 1 fully saturated rings. The van der Waals surface area contributed by atoms with Crippen LogP contribution in [0.2, 0.25) is 0 Å². The first-order chi connectivity index (χ1) is 20.2. The zero-order valence-corrected chi connectivity index (χ0v) is 25.8. The van der Waals surface area contributed by atoms with Crippen molar-refractivity contribution in [1.29, 1.82) is 0 Å². The molecule has 6 nitrogen and oxygen atoms in total. The van der Waals surface area contributed by atoms with E-state index in [9.17, 15) is 31.6 Å². The number of rotatable bonds is 10. The van der Waals surface area contributed by atoms with Gasteiger partial charge >= 0.3 is 12.8 Å². The number of aliphatic hydroxyl groups is 1. The molecule has 2 heterocycles. The lowest BCUT2D eigenvalue weighted by molar-refractivity contribution is -0.126. The van der Waals surface area contributed by atoms with Crippen LogP contribution in [0, 0.1) is 11.8 Å². The van der Waals surface area contributed by atoms with Gasteiger partial charge in [-0.25, -0.2) is 0 Å². The lowest BCUT2D eigenvalue weighted by atomic mass is 10.0. The molecule has 0 aliphatic carbocycles. The van der Waals surface area contributed by atoms with Crippen molar-refractivity contribution in [2.75, 3.05) is 50.1 Å². The molecule has 0 radical (unpaired) electrons. The molecule has 1 aromatic heterocycles. The fourth-order valence-corrected chi connectivity index (χ4v) is 7.10. The molecular formula is C30H35F5N3O3PS. The van der Waals surface area contributed by atoms with Gasteiger partial charge in [-0.1, -0.05) is 24.0 Å². The summed E-state index contributed by atoms with van der Waals surface area (Å²) in [5.41, 5.74) is 1.05. The predicted molar refractivity (Wildman–Crippen MR) is 164 cm³/mol. The van der Waals surface area contributed by atoms with E-state index in [1.165, 1.54) is 36.8 Å². The van der Waals surface area contributed by atoms with Crippen molar-refractivity contribution in [3.63, 3.8) is 0 Å². The van der Waals surface area contributed by atoms with Crippen LogP contribution in [0.15, 0.2) is 36.4 Å². The summed E-state index contributed by atoms with van der Waals surface area (Å²) in [4.78, 5) is 2.48. The average molecular weight is 644 g/mol. The van der Waals surface area contributed by atoms with Gasteiger partial charge in [-0.15, -0.1) is 11.3 Å². The first-order valence-electron chi connectivity index (χ1n) is 13.8. The van der Waals surface area contributed by atoms with E-state index in [0.717, 1.165) is 31.6 Å². The minimum atomic E-state index is -4.44. The Morgan fingerprint density at radius 3 is 2.51 bits per heavy atom. The third-order valence-corrected chi connectivity index (χ3v) is 9.76. The first kappa shape index (κ1) is 33.1. The van der Waals surface area contributed by atoms with Crippen LogP contribution in [-0.4, -0.2) is 74.4 Å². The Balaban J connectivity index is 1.56. The maximum atomic E-state index is 13.6. The van der Waals surface area contributed by atoms with Gasteiger partial charge in [0.25, 0.3) is 0 Å². The summed E-state index contributed by atoms with van der Waals surface area (Å²) < 4.78 is 84.5. The summed E-state index contributed by atoms with van der Waals surface area (Å²) in [5, 5.41) is 16.9. The molecule has 1 unspecified atom stereocenters. The standard InChI is InChI=1S/C30H35F5N3O3PS/c1-19(39)18-38-14-11-20(12-15-38)37-25-7-4-6-22-23(17-30(33,34)35)27(43-28(22)25)8-5-13-36-24-10-9-21(42(2,3)40)16-26(24)41-29(31)32/h4,6-7,9-10,16,19-20,29,36-37,39H,11-15,17-18H2,1-3H3. The van der Waals surface area contributed by atoms with Crippen molar-refractivity contribution in [2.45, 2.75) is 51.1 Å². The fraction of sp³-hybridized carbons (Fsp3) is 0.467. The van der Waals surface area contributed by atoms with Gasteiger partial charge in [-0.05, 0) is 68.3 Å². The number of thiophene rings is 1. The van der Waals surface area contributed by atoms with Gasteiger partial charge in [-0.2, -0.15) is 22.0 Å². The average Bonchev–Trinajstić information content (AvgIpc) is 3.24. The summed E-state index contributed by atoms with van der Waals surface area (Å²) in [5.74, 6) is 5.49. The smallest absolute Gasteiger partial charge is 0.393 e. The maximum absolute atomic E-state index is 13.6. The minimum absolute atomic E-state index is 0.0509. The topological polar surface area (TPSA) is 73.8 Å². The number of likely N-dealkylation sites (tertiary alicyclic amines) is 1. The lowest BCUT2D eigenvalue weighted by Crippen LogP contribution is -2.41. The zero-order chi connectivity index (χ0) is 31.4. The Labute approximate surface area is 252 Å². The molecule has 0 amide bonds. The number of piperidine rings is 1. The van der Waals surface area contributed by atoms with Gasteiger partial charge in [0.2, 0.25) is 0 Å². The minimum Gasteiger partial charge on any atom is -0.433 e. The van der Waals surface area contributed by atoms with Crippen molar-refractivity contribution < 1.29 is 36.4 Å². The van der Waals surface area contributed by atoms with Gasteiger partial charge in [0.1, 0.15) is 12.9 Å². The summed E-state index contributed by atoms with van der Waals surface area (Å²) in [6.07, 6.45) is -4.29. The first-order valence-corrected chi connectivity index (χ1v) is 17.3. The number of β-amino-alcohol motifs (C(OH)–C–C–N with tert-alkyl or cyclic N) is 1. The molecule has 0 saturated carbocycles. The van der Waals surface area contributed by atoms with Crippen LogP contribution < -0.4 is 20.7 Å². The number of hydrogen-bond acceptors (Lipinski definition) is 7. The highest BCUT2D eigenvalue weighted by Crippen LogP contribution is 2.40. The van der Waals surface area contributed by atoms with Crippen LogP contribution in [0.25, 0.3) is 10.1 Å². The van der Waals surface area contributed by atoms with Crippen LogP contribution >= 0.6 is 18.5 Å². The summed E-state index contributed by atoms with van der Waals surface area (Å²) in [7, 11) is -2.73. The molecule has 3 aromatic rings. The van der Waals surface area contributed by atoms with Crippen molar-refractivity contribution in [1.82, 2.24) is 4.90 Å².